The lowest BCUT2D eigenvalue weighted by Gasteiger charge is -2.38. The molecule has 1 aromatic heterocycles. The van der Waals surface area contributed by atoms with Crippen molar-refractivity contribution < 1.29 is 31.4 Å². The third kappa shape index (κ3) is 7.10. The predicted molar refractivity (Wildman–Crippen MR) is 158 cm³/mol. The van der Waals surface area contributed by atoms with Crippen LogP contribution in [0.5, 0.6) is 5.75 Å². The van der Waals surface area contributed by atoms with Crippen LogP contribution in [-0.2, 0) is 24.6 Å². The van der Waals surface area contributed by atoms with E-state index in [0.717, 1.165) is 17.4 Å². The van der Waals surface area contributed by atoms with Crippen LogP contribution in [0.3, 0.4) is 0 Å². The number of nitrogens with one attached hydrogen (secondary N) is 1. The van der Waals surface area contributed by atoms with Gasteiger partial charge in [0.05, 0.1) is 22.0 Å². The Morgan fingerprint density at radius 1 is 1.07 bits per heavy atom. The Labute approximate surface area is 246 Å². The van der Waals surface area contributed by atoms with Crippen molar-refractivity contribution in [3.8, 4) is 16.9 Å². The Balaban J connectivity index is 1.10. The molecule has 2 atom stereocenters. The molecular weight excluding hydrogens is 580 g/mol. The van der Waals surface area contributed by atoms with Gasteiger partial charge in [-0.15, -0.1) is 0 Å². The highest BCUT2D eigenvalue weighted by Gasteiger charge is 2.44. The molecule has 0 aliphatic carbocycles. The molecule has 2 aromatic carbocycles. The summed E-state index contributed by atoms with van der Waals surface area (Å²) in [5, 5.41) is 13.7. The summed E-state index contributed by atoms with van der Waals surface area (Å²) in [5.41, 5.74) is 6.81. The standard InChI is InChI=1S/C29H36N4O7S2/c1-41(35,36)26-6-3-5-25(15-26)39-20-24(34)18-31-23-16-29(40-19-23)10-12-33(13-11-29)42(37,38)27-7-2-4-21(14-27)22-8-9-28(30)32-17-22/h2-9,14-15,17,23-24,31,34H,10-13,16,18-20H2,1H3,(H2,30,32)/t23?,24-/m0/s1. The van der Waals surface area contributed by atoms with Crippen LogP contribution in [0.25, 0.3) is 11.1 Å². The molecule has 1 spiro atoms. The summed E-state index contributed by atoms with van der Waals surface area (Å²) in [5.74, 6) is 0.770. The van der Waals surface area contributed by atoms with Gasteiger partial charge in [0, 0.05) is 43.7 Å². The number of ether oxygens (including phenoxy) is 2. The molecule has 1 unspecified atom stereocenters. The van der Waals surface area contributed by atoms with Gasteiger partial charge in [0.15, 0.2) is 9.84 Å². The van der Waals surface area contributed by atoms with Gasteiger partial charge in [-0.2, -0.15) is 4.31 Å². The van der Waals surface area contributed by atoms with Crippen LogP contribution < -0.4 is 15.8 Å². The number of hydrogen-bond acceptors (Lipinski definition) is 10. The smallest absolute Gasteiger partial charge is 0.243 e. The number of rotatable bonds is 10. The molecule has 0 saturated carbocycles. The first-order valence-electron chi connectivity index (χ1n) is 13.7. The fourth-order valence-corrected chi connectivity index (χ4v) is 7.51. The Bertz CT molecular complexity index is 1610. The molecule has 11 nitrogen and oxygen atoms in total. The normalized spacial score (nSPS) is 20.0. The van der Waals surface area contributed by atoms with Crippen molar-refractivity contribution in [1.29, 1.82) is 0 Å². The second-order valence-corrected chi connectivity index (χ2v) is 14.9. The molecule has 2 saturated heterocycles. The molecule has 4 N–H and O–H groups in total. The monoisotopic (exact) mass is 616 g/mol. The maximum Gasteiger partial charge on any atom is 0.243 e. The second-order valence-electron chi connectivity index (χ2n) is 10.9. The fraction of sp³-hybridized carbons (Fsp3) is 0.414. The average Bonchev–Trinajstić information content (AvgIpc) is 3.37. The number of piperidine rings is 1. The summed E-state index contributed by atoms with van der Waals surface area (Å²) in [6.07, 6.45) is 3.81. The first-order chi connectivity index (χ1) is 19.9. The van der Waals surface area contributed by atoms with E-state index in [1.807, 2.05) is 12.1 Å². The van der Waals surface area contributed by atoms with Crippen LogP contribution in [0.4, 0.5) is 5.82 Å². The number of nitrogen functional groups attached to an aromatic ring is 1. The molecule has 13 heteroatoms. The number of aliphatic hydroxyl groups is 1. The summed E-state index contributed by atoms with van der Waals surface area (Å²) in [7, 11) is -7.03. The van der Waals surface area contributed by atoms with Crippen molar-refractivity contribution >= 4 is 25.7 Å². The second kappa shape index (κ2) is 12.3. The number of sulfone groups is 1. The molecule has 2 aliphatic rings. The van der Waals surface area contributed by atoms with Gasteiger partial charge >= 0.3 is 0 Å². The number of anilines is 1. The third-order valence-electron chi connectivity index (χ3n) is 7.75. The summed E-state index contributed by atoms with van der Waals surface area (Å²) < 4.78 is 63.7. The zero-order chi connectivity index (χ0) is 30.0. The van der Waals surface area contributed by atoms with Gasteiger partial charge in [-0.3, -0.25) is 0 Å². The van der Waals surface area contributed by atoms with Crippen LogP contribution in [0.2, 0.25) is 0 Å². The molecule has 42 heavy (non-hydrogen) atoms. The molecular formula is C29H36N4O7S2. The predicted octanol–water partition coefficient (Wildman–Crippen LogP) is 2.08. The Kier molecular flexibility index (Phi) is 8.88. The molecule has 2 aliphatic heterocycles. The number of aliphatic hydroxyl groups excluding tert-OH is 1. The lowest BCUT2D eigenvalue weighted by Crippen LogP contribution is -2.47. The summed E-state index contributed by atoms with van der Waals surface area (Å²) in [6.45, 7) is 1.45. The van der Waals surface area contributed by atoms with Crippen molar-refractivity contribution in [2.45, 2.75) is 46.8 Å². The van der Waals surface area contributed by atoms with E-state index in [-0.39, 0.29) is 29.0 Å². The summed E-state index contributed by atoms with van der Waals surface area (Å²) in [4.78, 5) is 4.49. The highest BCUT2D eigenvalue weighted by Crippen LogP contribution is 2.37. The molecule has 0 radical (unpaired) electrons. The van der Waals surface area contributed by atoms with Crippen molar-refractivity contribution in [2.24, 2.45) is 0 Å². The minimum atomic E-state index is -3.69. The van der Waals surface area contributed by atoms with E-state index in [0.29, 0.717) is 50.5 Å². The van der Waals surface area contributed by atoms with Crippen LogP contribution >= 0.6 is 0 Å². The summed E-state index contributed by atoms with van der Waals surface area (Å²) in [6, 6.07) is 16.5. The zero-order valence-corrected chi connectivity index (χ0v) is 25.0. The number of benzene rings is 2. The molecule has 226 valence electrons. The first-order valence-corrected chi connectivity index (χ1v) is 17.1. The van der Waals surface area contributed by atoms with E-state index >= 15 is 0 Å². The number of nitrogens with zero attached hydrogens (tertiary/aromatic N) is 2. The summed E-state index contributed by atoms with van der Waals surface area (Å²) >= 11 is 0. The Morgan fingerprint density at radius 3 is 2.52 bits per heavy atom. The lowest BCUT2D eigenvalue weighted by atomic mass is 9.88. The quantitative estimate of drug-likeness (QED) is 0.308. The molecule has 3 heterocycles. The Hall–Kier alpha value is -3.07. The van der Waals surface area contributed by atoms with E-state index in [1.165, 1.54) is 16.4 Å². The highest BCUT2D eigenvalue weighted by molar-refractivity contribution is 7.90. The zero-order valence-electron chi connectivity index (χ0n) is 23.3. The molecule has 0 bridgehead atoms. The van der Waals surface area contributed by atoms with Gasteiger partial charge in [-0.1, -0.05) is 18.2 Å². The van der Waals surface area contributed by atoms with Crippen molar-refractivity contribution in [2.75, 3.05) is 44.8 Å². The van der Waals surface area contributed by atoms with Crippen molar-refractivity contribution in [1.82, 2.24) is 14.6 Å². The maximum atomic E-state index is 13.5. The number of sulfonamides is 1. The van der Waals surface area contributed by atoms with E-state index in [9.17, 15) is 21.9 Å². The van der Waals surface area contributed by atoms with E-state index in [2.05, 4.69) is 10.3 Å². The number of nitrogens with two attached hydrogens (primary N) is 1. The lowest BCUT2D eigenvalue weighted by molar-refractivity contribution is -0.0312. The van der Waals surface area contributed by atoms with E-state index in [4.69, 9.17) is 15.2 Å². The van der Waals surface area contributed by atoms with E-state index < -0.39 is 31.6 Å². The van der Waals surface area contributed by atoms with Crippen LogP contribution in [0, 0.1) is 0 Å². The third-order valence-corrected chi connectivity index (χ3v) is 10.8. The highest BCUT2D eigenvalue weighted by atomic mass is 32.2. The topological polar surface area (TPSA) is 161 Å². The Morgan fingerprint density at radius 2 is 1.81 bits per heavy atom. The minimum Gasteiger partial charge on any atom is -0.491 e. The van der Waals surface area contributed by atoms with Crippen LogP contribution in [0.1, 0.15) is 19.3 Å². The van der Waals surface area contributed by atoms with Gasteiger partial charge in [-0.05, 0) is 67.3 Å². The number of pyridine rings is 1. The first kappa shape index (κ1) is 30.4. The maximum absolute atomic E-state index is 13.5. The average molecular weight is 617 g/mol. The fourth-order valence-electron chi connectivity index (χ4n) is 5.37. The SMILES string of the molecule is CS(=O)(=O)c1cccc(OC[C@@H](O)CNC2COC3(CCN(S(=O)(=O)c4cccc(-c5ccc(N)nc5)c4)CC3)C2)c1. The van der Waals surface area contributed by atoms with Gasteiger partial charge in [0.2, 0.25) is 10.0 Å². The molecule has 2 fully saturated rings. The van der Waals surface area contributed by atoms with Crippen LogP contribution in [0.15, 0.2) is 76.7 Å². The number of aromatic nitrogens is 1. The van der Waals surface area contributed by atoms with Gasteiger partial charge in [-0.25, -0.2) is 21.8 Å². The molecule has 0 amide bonds. The van der Waals surface area contributed by atoms with Crippen molar-refractivity contribution in [3.05, 3.63) is 66.9 Å². The van der Waals surface area contributed by atoms with Gasteiger partial charge in [0.25, 0.3) is 0 Å². The van der Waals surface area contributed by atoms with Crippen molar-refractivity contribution in [3.63, 3.8) is 0 Å². The number of hydrogen-bond donors (Lipinski definition) is 3. The van der Waals surface area contributed by atoms with Crippen LogP contribution in [-0.4, -0.2) is 88.1 Å². The minimum absolute atomic E-state index is 0.00178. The van der Waals surface area contributed by atoms with Gasteiger partial charge in [0.1, 0.15) is 24.3 Å². The largest absolute Gasteiger partial charge is 0.491 e. The molecule has 3 aromatic rings. The van der Waals surface area contributed by atoms with E-state index in [1.54, 1.807) is 42.6 Å². The van der Waals surface area contributed by atoms with Gasteiger partial charge < -0.3 is 25.6 Å². The molecule has 5 rings (SSSR count).